The lowest BCUT2D eigenvalue weighted by Crippen LogP contribution is -2.34. The fourth-order valence-corrected chi connectivity index (χ4v) is 3.29. The van der Waals surface area contributed by atoms with Gasteiger partial charge in [-0.1, -0.05) is 45.0 Å². The summed E-state index contributed by atoms with van der Waals surface area (Å²) in [6.45, 7) is 9.50. The van der Waals surface area contributed by atoms with Gasteiger partial charge in [0, 0.05) is 6.04 Å². The Hall–Kier alpha value is -0.820. The van der Waals surface area contributed by atoms with E-state index in [1.54, 1.807) is 5.56 Å². The van der Waals surface area contributed by atoms with Crippen LogP contribution >= 0.6 is 0 Å². The topological polar surface area (TPSA) is 3.24 Å². The summed E-state index contributed by atoms with van der Waals surface area (Å²) < 4.78 is 0. The summed E-state index contributed by atoms with van der Waals surface area (Å²) in [6.07, 6.45) is 5.60. The van der Waals surface area contributed by atoms with Crippen molar-refractivity contribution in [1.82, 2.24) is 4.90 Å². The third-order valence-electron chi connectivity index (χ3n) is 4.84. The van der Waals surface area contributed by atoms with E-state index in [2.05, 4.69) is 49.9 Å². The number of rotatable bonds is 2. The fraction of sp³-hybridized carbons (Fsp3) is 0.667. The van der Waals surface area contributed by atoms with Crippen molar-refractivity contribution in [3.05, 3.63) is 35.4 Å². The molecule has 1 nitrogen and oxygen atoms in total. The first-order valence-electron chi connectivity index (χ1n) is 7.88. The van der Waals surface area contributed by atoms with Gasteiger partial charge in [0.15, 0.2) is 0 Å². The van der Waals surface area contributed by atoms with Crippen LogP contribution in [-0.2, 0) is 5.41 Å². The molecule has 1 aliphatic heterocycles. The van der Waals surface area contributed by atoms with Crippen molar-refractivity contribution in [3.8, 4) is 0 Å². The molecule has 1 aromatic carbocycles. The normalized spacial score (nSPS) is 22.7. The molecule has 1 heteroatoms. The monoisotopic (exact) mass is 257 g/mol. The summed E-state index contributed by atoms with van der Waals surface area (Å²) >= 11 is 0. The first-order valence-corrected chi connectivity index (χ1v) is 7.88. The smallest absolute Gasteiger partial charge is 0.00964 e. The lowest BCUT2D eigenvalue weighted by molar-refractivity contribution is 0.203. The maximum absolute atomic E-state index is 2.71. The summed E-state index contributed by atoms with van der Waals surface area (Å²) in [5, 5.41) is 0. The van der Waals surface area contributed by atoms with Gasteiger partial charge in [0.2, 0.25) is 0 Å². The zero-order chi connectivity index (χ0) is 13.5. The van der Waals surface area contributed by atoms with E-state index in [9.17, 15) is 0 Å². The lowest BCUT2D eigenvalue weighted by atomic mass is 9.84. The van der Waals surface area contributed by atoms with Crippen molar-refractivity contribution >= 4 is 0 Å². The minimum atomic E-state index is 0.272. The molecule has 1 saturated carbocycles. The molecule has 0 atom stereocenters. The molecule has 3 rings (SSSR count). The van der Waals surface area contributed by atoms with Crippen molar-refractivity contribution in [3.63, 3.8) is 0 Å². The average molecular weight is 257 g/mol. The van der Waals surface area contributed by atoms with Crippen LogP contribution in [0.3, 0.4) is 0 Å². The number of hydrogen-bond acceptors (Lipinski definition) is 1. The average Bonchev–Trinajstić information content (AvgIpc) is 3.22. The predicted octanol–water partition coefficient (Wildman–Crippen LogP) is 4.33. The minimum absolute atomic E-state index is 0.272. The molecule has 0 unspecified atom stereocenters. The second kappa shape index (κ2) is 4.94. The summed E-state index contributed by atoms with van der Waals surface area (Å²) in [4.78, 5) is 2.71. The molecule has 19 heavy (non-hydrogen) atoms. The maximum Gasteiger partial charge on any atom is 0.00964 e. The van der Waals surface area contributed by atoms with Gasteiger partial charge in [0.1, 0.15) is 0 Å². The van der Waals surface area contributed by atoms with Crippen molar-refractivity contribution in [1.29, 1.82) is 0 Å². The molecule has 0 aromatic heterocycles. The van der Waals surface area contributed by atoms with Crippen LogP contribution in [-0.4, -0.2) is 24.0 Å². The Morgan fingerprint density at radius 3 is 1.95 bits per heavy atom. The molecule has 2 aliphatic rings. The van der Waals surface area contributed by atoms with Crippen molar-refractivity contribution < 1.29 is 0 Å². The van der Waals surface area contributed by atoms with E-state index in [0.717, 1.165) is 12.0 Å². The van der Waals surface area contributed by atoms with E-state index >= 15 is 0 Å². The van der Waals surface area contributed by atoms with E-state index in [1.165, 1.54) is 44.3 Å². The summed E-state index contributed by atoms with van der Waals surface area (Å²) in [7, 11) is 0. The minimum Gasteiger partial charge on any atom is -0.300 e. The van der Waals surface area contributed by atoms with E-state index < -0.39 is 0 Å². The van der Waals surface area contributed by atoms with Crippen LogP contribution in [0, 0.1) is 0 Å². The Labute approximate surface area is 118 Å². The third-order valence-corrected chi connectivity index (χ3v) is 4.84. The van der Waals surface area contributed by atoms with Crippen LogP contribution in [0.15, 0.2) is 24.3 Å². The standard InChI is InChI=1S/C18H27N/c1-18(2,3)16-6-4-14(5-7-16)15-10-12-19(13-11-15)17-8-9-17/h4-7,15,17H,8-13H2,1-3H3. The number of likely N-dealkylation sites (tertiary alicyclic amines) is 1. The molecule has 0 N–H and O–H groups in total. The quantitative estimate of drug-likeness (QED) is 0.762. The Morgan fingerprint density at radius 2 is 1.47 bits per heavy atom. The van der Waals surface area contributed by atoms with Crippen LogP contribution in [0.4, 0.5) is 0 Å². The maximum atomic E-state index is 2.71. The van der Waals surface area contributed by atoms with Gasteiger partial charge in [-0.2, -0.15) is 0 Å². The fourth-order valence-electron chi connectivity index (χ4n) is 3.29. The van der Waals surface area contributed by atoms with Crippen LogP contribution < -0.4 is 0 Å². The molecule has 0 amide bonds. The van der Waals surface area contributed by atoms with Gasteiger partial charge in [-0.25, -0.2) is 0 Å². The second-order valence-electron chi connectivity index (χ2n) is 7.41. The highest BCUT2D eigenvalue weighted by atomic mass is 15.2. The summed E-state index contributed by atoms with van der Waals surface area (Å²) in [5.74, 6) is 0.795. The Morgan fingerprint density at radius 1 is 0.895 bits per heavy atom. The van der Waals surface area contributed by atoms with E-state index in [1.807, 2.05) is 0 Å². The van der Waals surface area contributed by atoms with E-state index in [4.69, 9.17) is 0 Å². The number of benzene rings is 1. The van der Waals surface area contributed by atoms with Gasteiger partial charge in [-0.15, -0.1) is 0 Å². The van der Waals surface area contributed by atoms with Gasteiger partial charge >= 0.3 is 0 Å². The first-order chi connectivity index (χ1) is 9.04. The van der Waals surface area contributed by atoms with Crippen molar-refractivity contribution in [2.24, 2.45) is 0 Å². The van der Waals surface area contributed by atoms with Gasteiger partial charge in [0.05, 0.1) is 0 Å². The highest BCUT2D eigenvalue weighted by molar-refractivity contribution is 5.29. The Bertz CT molecular complexity index is 414. The largest absolute Gasteiger partial charge is 0.300 e. The SMILES string of the molecule is CC(C)(C)c1ccc(C2CCN(C3CC3)CC2)cc1. The molecule has 0 spiro atoms. The second-order valence-corrected chi connectivity index (χ2v) is 7.41. The highest BCUT2D eigenvalue weighted by Crippen LogP contribution is 2.35. The molecule has 104 valence electrons. The molecule has 1 aromatic rings. The molecule has 1 saturated heterocycles. The first kappa shape index (κ1) is 13.2. The Kier molecular flexibility index (Phi) is 3.42. The third kappa shape index (κ3) is 3.02. The van der Waals surface area contributed by atoms with Crippen molar-refractivity contribution in [2.45, 2.75) is 63.8 Å². The Balaban J connectivity index is 1.63. The molecule has 1 heterocycles. The summed E-state index contributed by atoms with van der Waals surface area (Å²) in [5.41, 5.74) is 3.28. The van der Waals surface area contributed by atoms with Crippen LogP contribution in [0.25, 0.3) is 0 Å². The lowest BCUT2D eigenvalue weighted by Gasteiger charge is -2.32. The zero-order valence-corrected chi connectivity index (χ0v) is 12.7. The number of nitrogens with zero attached hydrogens (tertiary/aromatic N) is 1. The van der Waals surface area contributed by atoms with Gasteiger partial charge in [-0.3, -0.25) is 0 Å². The van der Waals surface area contributed by atoms with Gasteiger partial charge in [-0.05, 0) is 61.2 Å². The molecular weight excluding hydrogens is 230 g/mol. The van der Waals surface area contributed by atoms with E-state index in [0.29, 0.717) is 0 Å². The van der Waals surface area contributed by atoms with Crippen LogP contribution in [0.1, 0.15) is 63.5 Å². The summed E-state index contributed by atoms with van der Waals surface area (Å²) in [6, 6.07) is 10.4. The van der Waals surface area contributed by atoms with Gasteiger partial charge < -0.3 is 4.90 Å². The molecule has 1 aliphatic carbocycles. The zero-order valence-electron chi connectivity index (χ0n) is 12.7. The van der Waals surface area contributed by atoms with Crippen LogP contribution in [0.5, 0.6) is 0 Å². The molecular formula is C18H27N. The number of piperidine rings is 1. The van der Waals surface area contributed by atoms with E-state index in [-0.39, 0.29) is 5.41 Å². The molecule has 0 bridgehead atoms. The number of hydrogen-bond donors (Lipinski definition) is 0. The predicted molar refractivity (Wildman–Crippen MR) is 81.7 cm³/mol. The van der Waals surface area contributed by atoms with Gasteiger partial charge in [0.25, 0.3) is 0 Å². The molecule has 2 fully saturated rings. The highest BCUT2D eigenvalue weighted by Gasteiger charge is 2.32. The molecule has 0 radical (unpaired) electrons. The van der Waals surface area contributed by atoms with Crippen molar-refractivity contribution in [2.75, 3.05) is 13.1 Å². The van der Waals surface area contributed by atoms with Crippen LogP contribution in [0.2, 0.25) is 0 Å².